The van der Waals surface area contributed by atoms with Gasteiger partial charge in [0.25, 0.3) is 0 Å². The highest BCUT2D eigenvalue weighted by Crippen LogP contribution is 2.08. The highest BCUT2D eigenvalue weighted by molar-refractivity contribution is 7.09. The van der Waals surface area contributed by atoms with Crippen LogP contribution in [0.15, 0.2) is 52.8 Å². The minimum atomic E-state index is 0.886. The van der Waals surface area contributed by atoms with Gasteiger partial charge in [-0.1, -0.05) is 36.4 Å². The molecule has 1 aromatic carbocycles. The molecule has 0 saturated heterocycles. The van der Waals surface area contributed by atoms with Crippen molar-refractivity contribution in [2.45, 2.75) is 19.4 Å². The molecule has 0 aliphatic carbocycles. The van der Waals surface area contributed by atoms with E-state index in [9.17, 15) is 0 Å². The lowest BCUT2D eigenvalue weighted by atomic mass is 10.2. The van der Waals surface area contributed by atoms with Gasteiger partial charge < -0.3 is 15.5 Å². The van der Waals surface area contributed by atoms with Gasteiger partial charge in [-0.25, -0.2) is 0 Å². The van der Waals surface area contributed by atoms with E-state index in [1.54, 1.807) is 11.3 Å². The van der Waals surface area contributed by atoms with Gasteiger partial charge in [-0.05, 0) is 43.4 Å². The summed E-state index contributed by atoms with van der Waals surface area (Å²) in [6, 6.07) is 14.9. The molecule has 2 N–H and O–H groups in total. The fourth-order valence-electron chi connectivity index (χ4n) is 2.51. The summed E-state index contributed by atoms with van der Waals surface area (Å²) in [5.74, 6) is 0.886. The molecular formula is C19H28N4S. The first-order valence-electron chi connectivity index (χ1n) is 8.47. The molecular weight excluding hydrogens is 316 g/mol. The van der Waals surface area contributed by atoms with Gasteiger partial charge >= 0.3 is 0 Å². The zero-order valence-corrected chi connectivity index (χ0v) is 15.5. The normalized spacial score (nSPS) is 11.7. The number of benzene rings is 1. The van der Waals surface area contributed by atoms with Crippen LogP contribution in [0.25, 0.3) is 0 Å². The van der Waals surface area contributed by atoms with Crippen LogP contribution in [0, 0.1) is 0 Å². The summed E-state index contributed by atoms with van der Waals surface area (Å²) in [7, 11) is 3.99. The SMILES string of the molecule is CN=C(NCCCN(C)Cc1ccccc1)NCCc1cccs1. The van der Waals surface area contributed by atoms with E-state index in [1.807, 2.05) is 7.05 Å². The summed E-state index contributed by atoms with van der Waals surface area (Å²) in [4.78, 5) is 8.03. The molecule has 2 rings (SSSR count). The molecule has 4 nitrogen and oxygen atoms in total. The maximum atomic E-state index is 4.28. The van der Waals surface area contributed by atoms with Crippen LogP contribution in [0.5, 0.6) is 0 Å². The second-order valence-corrected chi connectivity index (χ2v) is 6.86. The third kappa shape index (κ3) is 7.15. The van der Waals surface area contributed by atoms with Crippen molar-refractivity contribution in [3.63, 3.8) is 0 Å². The molecule has 2 aromatic rings. The summed E-state index contributed by atoms with van der Waals surface area (Å²) in [6.45, 7) is 3.90. The largest absolute Gasteiger partial charge is 0.356 e. The van der Waals surface area contributed by atoms with Crippen LogP contribution < -0.4 is 10.6 Å². The Labute approximate surface area is 149 Å². The predicted molar refractivity (Wildman–Crippen MR) is 105 cm³/mol. The van der Waals surface area contributed by atoms with Crippen molar-refractivity contribution in [2.75, 3.05) is 33.7 Å². The van der Waals surface area contributed by atoms with Crippen molar-refractivity contribution in [2.24, 2.45) is 4.99 Å². The van der Waals surface area contributed by atoms with Crippen molar-refractivity contribution in [3.8, 4) is 0 Å². The summed E-state index contributed by atoms with van der Waals surface area (Å²) in [5, 5.41) is 8.87. The van der Waals surface area contributed by atoms with Crippen LogP contribution in [0.2, 0.25) is 0 Å². The van der Waals surface area contributed by atoms with E-state index in [-0.39, 0.29) is 0 Å². The lowest BCUT2D eigenvalue weighted by Crippen LogP contribution is -2.39. The van der Waals surface area contributed by atoms with E-state index in [2.05, 4.69) is 75.4 Å². The zero-order valence-electron chi connectivity index (χ0n) is 14.7. The molecule has 1 aromatic heterocycles. The second kappa shape index (κ2) is 10.8. The van der Waals surface area contributed by atoms with E-state index in [0.717, 1.165) is 45.0 Å². The first-order valence-corrected chi connectivity index (χ1v) is 9.35. The standard InChI is InChI=1S/C19H28N4S/c1-20-19(22-13-11-18-10-6-15-24-18)21-12-7-14-23(2)16-17-8-4-3-5-9-17/h3-6,8-10,15H,7,11-14,16H2,1-2H3,(H2,20,21,22). The quantitative estimate of drug-likeness (QED) is 0.417. The molecule has 0 saturated carbocycles. The molecule has 0 fully saturated rings. The van der Waals surface area contributed by atoms with Crippen LogP contribution in [-0.4, -0.2) is 44.6 Å². The third-order valence-electron chi connectivity index (χ3n) is 3.77. The zero-order chi connectivity index (χ0) is 17.0. The topological polar surface area (TPSA) is 39.7 Å². The van der Waals surface area contributed by atoms with Gasteiger partial charge in [-0.3, -0.25) is 4.99 Å². The maximum absolute atomic E-state index is 4.28. The van der Waals surface area contributed by atoms with Crippen molar-refractivity contribution in [1.29, 1.82) is 0 Å². The van der Waals surface area contributed by atoms with E-state index >= 15 is 0 Å². The third-order valence-corrected chi connectivity index (χ3v) is 4.71. The smallest absolute Gasteiger partial charge is 0.190 e. The van der Waals surface area contributed by atoms with Gasteiger partial charge in [-0.2, -0.15) is 0 Å². The summed E-state index contributed by atoms with van der Waals surface area (Å²) < 4.78 is 0. The molecule has 0 bridgehead atoms. The molecule has 0 radical (unpaired) electrons. The van der Waals surface area contributed by atoms with Crippen LogP contribution in [0.3, 0.4) is 0 Å². The van der Waals surface area contributed by atoms with Crippen LogP contribution in [-0.2, 0) is 13.0 Å². The fraction of sp³-hybridized carbons (Fsp3) is 0.421. The van der Waals surface area contributed by atoms with E-state index in [0.29, 0.717) is 0 Å². The van der Waals surface area contributed by atoms with Crippen LogP contribution in [0.1, 0.15) is 16.9 Å². The molecule has 0 amide bonds. The number of nitrogens with one attached hydrogen (secondary N) is 2. The number of rotatable bonds is 9. The first-order chi connectivity index (χ1) is 11.8. The number of aliphatic imine (C=N–C) groups is 1. The minimum absolute atomic E-state index is 0.886. The first kappa shape index (κ1) is 18.5. The van der Waals surface area contributed by atoms with E-state index in [4.69, 9.17) is 0 Å². The van der Waals surface area contributed by atoms with E-state index < -0.39 is 0 Å². The molecule has 0 aliphatic rings. The van der Waals surface area contributed by atoms with Gasteiger partial charge in [0.15, 0.2) is 5.96 Å². The molecule has 5 heteroatoms. The second-order valence-electron chi connectivity index (χ2n) is 5.83. The molecule has 0 unspecified atom stereocenters. The van der Waals surface area contributed by atoms with Crippen molar-refractivity contribution < 1.29 is 0 Å². The van der Waals surface area contributed by atoms with Crippen molar-refractivity contribution in [1.82, 2.24) is 15.5 Å². The van der Waals surface area contributed by atoms with Gasteiger partial charge in [0.1, 0.15) is 0 Å². The number of thiophene rings is 1. The monoisotopic (exact) mass is 344 g/mol. The summed E-state index contributed by atoms with van der Waals surface area (Å²) >= 11 is 1.80. The summed E-state index contributed by atoms with van der Waals surface area (Å²) in [6.07, 6.45) is 2.13. The maximum Gasteiger partial charge on any atom is 0.190 e. The average Bonchev–Trinajstić information content (AvgIpc) is 3.11. The number of hydrogen-bond acceptors (Lipinski definition) is 3. The average molecular weight is 345 g/mol. The Morgan fingerprint density at radius 1 is 1.08 bits per heavy atom. The Hall–Kier alpha value is -1.85. The molecule has 0 spiro atoms. The van der Waals surface area contributed by atoms with Crippen LogP contribution >= 0.6 is 11.3 Å². The van der Waals surface area contributed by atoms with Gasteiger partial charge in [0.05, 0.1) is 0 Å². The predicted octanol–water partition coefficient (Wildman–Crippen LogP) is 2.98. The molecule has 24 heavy (non-hydrogen) atoms. The Balaban J connectivity index is 1.56. The lowest BCUT2D eigenvalue weighted by Gasteiger charge is -2.17. The van der Waals surface area contributed by atoms with Gasteiger partial charge in [0.2, 0.25) is 0 Å². The highest BCUT2D eigenvalue weighted by Gasteiger charge is 2.01. The Kier molecular flexibility index (Phi) is 8.35. The molecule has 1 heterocycles. The molecule has 0 atom stereocenters. The number of nitrogens with zero attached hydrogens (tertiary/aromatic N) is 2. The highest BCUT2D eigenvalue weighted by atomic mass is 32.1. The fourth-order valence-corrected chi connectivity index (χ4v) is 3.22. The van der Waals surface area contributed by atoms with Gasteiger partial charge in [-0.15, -0.1) is 11.3 Å². The lowest BCUT2D eigenvalue weighted by molar-refractivity contribution is 0.322. The Morgan fingerprint density at radius 3 is 2.58 bits per heavy atom. The molecule has 0 aliphatic heterocycles. The van der Waals surface area contributed by atoms with Crippen molar-refractivity contribution >= 4 is 17.3 Å². The van der Waals surface area contributed by atoms with Gasteiger partial charge in [0, 0.05) is 31.6 Å². The summed E-state index contributed by atoms with van der Waals surface area (Å²) in [5.41, 5.74) is 1.36. The Bertz CT molecular complexity index is 581. The number of hydrogen-bond donors (Lipinski definition) is 2. The molecule has 130 valence electrons. The van der Waals surface area contributed by atoms with E-state index in [1.165, 1.54) is 10.4 Å². The minimum Gasteiger partial charge on any atom is -0.356 e. The number of guanidine groups is 1. The van der Waals surface area contributed by atoms with Crippen molar-refractivity contribution in [3.05, 3.63) is 58.3 Å². The Morgan fingerprint density at radius 2 is 1.88 bits per heavy atom. The van der Waals surface area contributed by atoms with Crippen LogP contribution in [0.4, 0.5) is 0 Å².